The highest BCUT2D eigenvalue weighted by Crippen LogP contribution is 2.11. The van der Waals surface area contributed by atoms with Crippen LogP contribution >= 0.6 is 0 Å². The van der Waals surface area contributed by atoms with Gasteiger partial charge < -0.3 is 4.90 Å². The summed E-state index contributed by atoms with van der Waals surface area (Å²) in [6.07, 6.45) is 9.64. The molecule has 0 aliphatic carbocycles. The summed E-state index contributed by atoms with van der Waals surface area (Å²) < 4.78 is 0. The van der Waals surface area contributed by atoms with Gasteiger partial charge in [0.1, 0.15) is 17.7 Å². The molecule has 0 bridgehead atoms. The lowest BCUT2D eigenvalue weighted by Gasteiger charge is -2.15. The molecule has 0 fully saturated rings. The van der Waals surface area contributed by atoms with E-state index in [0.29, 0.717) is 10.8 Å². The van der Waals surface area contributed by atoms with Crippen LogP contribution in [-0.2, 0) is 0 Å². The molecule has 1 heterocycles. The van der Waals surface area contributed by atoms with Crippen molar-refractivity contribution in [3.05, 3.63) is 70.9 Å². The van der Waals surface area contributed by atoms with Gasteiger partial charge in [-0.05, 0) is 35.9 Å². The van der Waals surface area contributed by atoms with Gasteiger partial charge in [-0.15, -0.1) is 0 Å². The summed E-state index contributed by atoms with van der Waals surface area (Å²) in [4.78, 5) is 2.04. The second-order valence-corrected chi connectivity index (χ2v) is 4.81. The van der Waals surface area contributed by atoms with Gasteiger partial charge in [0.2, 0.25) is 0 Å². The molecule has 4 heteroatoms. The summed E-state index contributed by atoms with van der Waals surface area (Å²) >= 11 is 0. The van der Waals surface area contributed by atoms with E-state index in [1.54, 1.807) is 24.3 Å². The fourth-order valence-corrected chi connectivity index (χ4v) is 2.09. The molecule has 110 valence electrons. The average molecular weight is 298 g/mol. The molecule has 0 unspecified atom stereocenters. The Morgan fingerprint density at radius 2 is 1.52 bits per heavy atom. The van der Waals surface area contributed by atoms with Crippen molar-refractivity contribution < 1.29 is 0 Å². The highest BCUT2D eigenvalue weighted by atomic mass is 15.1. The Hall–Kier alpha value is -3.55. The van der Waals surface area contributed by atoms with E-state index in [2.05, 4.69) is 13.0 Å². The van der Waals surface area contributed by atoms with Gasteiger partial charge in [0.05, 0.1) is 11.6 Å². The van der Waals surface area contributed by atoms with Crippen molar-refractivity contribution in [1.29, 1.82) is 15.8 Å². The maximum Gasteiger partial charge on any atom is 0.136 e. The van der Waals surface area contributed by atoms with Crippen LogP contribution in [0.15, 0.2) is 60.5 Å². The zero-order chi connectivity index (χ0) is 16.7. The first-order valence-corrected chi connectivity index (χ1v) is 7.10. The number of benzene rings is 1. The summed E-state index contributed by atoms with van der Waals surface area (Å²) in [5.41, 5.74) is 1.53. The Morgan fingerprint density at radius 1 is 0.957 bits per heavy atom. The molecule has 4 nitrogen and oxygen atoms in total. The summed E-state index contributed by atoms with van der Waals surface area (Å²) in [5, 5.41) is 28.4. The first kappa shape index (κ1) is 15.8. The zero-order valence-electron chi connectivity index (χ0n) is 12.7. The smallest absolute Gasteiger partial charge is 0.136 e. The van der Waals surface area contributed by atoms with Crippen LogP contribution in [0, 0.1) is 34.0 Å². The van der Waals surface area contributed by atoms with Gasteiger partial charge in [-0.25, -0.2) is 0 Å². The number of hydrogen-bond acceptors (Lipinski definition) is 4. The molecule has 0 radical (unpaired) electrons. The molecule has 0 aromatic heterocycles. The van der Waals surface area contributed by atoms with Gasteiger partial charge >= 0.3 is 0 Å². The van der Waals surface area contributed by atoms with E-state index in [1.165, 1.54) is 0 Å². The molecule has 0 amide bonds. The lowest BCUT2D eigenvalue weighted by molar-refractivity contribution is 0.532. The second-order valence-electron chi connectivity index (χ2n) is 4.81. The predicted molar refractivity (Wildman–Crippen MR) is 88.1 cm³/mol. The van der Waals surface area contributed by atoms with Crippen LogP contribution in [0.1, 0.15) is 6.92 Å². The largest absolute Gasteiger partial charge is 0.354 e. The van der Waals surface area contributed by atoms with Crippen molar-refractivity contribution in [3.8, 4) is 18.2 Å². The number of allylic oxidation sites excluding steroid dienone is 4. The molecule has 2 rings (SSSR count). The fraction of sp³-hybridized carbons (Fsp3) is 0.105. The minimum Gasteiger partial charge on any atom is -0.354 e. The Balaban J connectivity index is 2.47. The van der Waals surface area contributed by atoms with E-state index in [0.717, 1.165) is 17.3 Å². The molecule has 0 saturated heterocycles. The van der Waals surface area contributed by atoms with Crippen molar-refractivity contribution >= 4 is 11.1 Å². The monoisotopic (exact) mass is 298 g/mol. The lowest BCUT2D eigenvalue weighted by Crippen LogP contribution is -2.12. The molecule has 1 aromatic carbocycles. The number of rotatable bonds is 2. The minimum absolute atomic E-state index is 0.0613. The van der Waals surface area contributed by atoms with Crippen molar-refractivity contribution in [3.63, 3.8) is 0 Å². The normalized spacial score (nSPS) is 12.1. The lowest BCUT2D eigenvalue weighted by atomic mass is 10.1. The summed E-state index contributed by atoms with van der Waals surface area (Å²) in [6, 6.07) is 12.7. The van der Waals surface area contributed by atoms with Crippen LogP contribution in [0.5, 0.6) is 0 Å². The summed E-state index contributed by atoms with van der Waals surface area (Å²) in [5.74, 6) is 0. The number of nitrogens with zero attached hydrogens (tertiary/aromatic N) is 4. The third-order valence-corrected chi connectivity index (χ3v) is 3.42. The molecular formula is C19H14N4. The van der Waals surface area contributed by atoms with E-state index < -0.39 is 0 Å². The maximum atomic E-state index is 9.38. The molecule has 0 atom stereocenters. The van der Waals surface area contributed by atoms with Gasteiger partial charge in [0.25, 0.3) is 0 Å². The number of nitriles is 3. The van der Waals surface area contributed by atoms with Crippen LogP contribution < -0.4 is 10.4 Å². The standard InChI is InChI=1S/C19H14N4/c1-2-23-9-7-15(8-10-23)11-18(12-20)16-3-5-17(6-4-16)19(13-21)14-22/h3-11H,2H2,1H3. The van der Waals surface area contributed by atoms with Crippen molar-refractivity contribution in [2.24, 2.45) is 0 Å². The Kier molecular flexibility index (Phi) is 5.13. The Morgan fingerprint density at radius 3 is 2.00 bits per heavy atom. The predicted octanol–water partition coefficient (Wildman–Crippen LogP) is 1.85. The van der Waals surface area contributed by atoms with Gasteiger partial charge in [-0.2, -0.15) is 15.8 Å². The van der Waals surface area contributed by atoms with Gasteiger partial charge in [0, 0.05) is 24.2 Å². The van der Waals surface area contributed by atoms with Crippen molar-refractivity contribution in [2.75, 3.05) is 6.54 Å². The van der Waals surface area contributed by atoms with E-state index in [9.17, 15) is 5.26 Å². The van der Waals surface area contributed by atoms with Crippen LogP contribution in [0.2, 0.25) is 0 Å². The molecular weight excluding hydrogens is 284 g/mol. The molecule has 0 N–H and O–H groups in total. The quantitative estimate of drug-likeness (QED) is 0.835. The third-order valence-electron chi connectivity index (χ3n) is 3.42. The van der Waals surface area contributed by atoms with Crippen LogP contribution in [0.25, 0.3) is 11.1 Å². The van der Waals surface area contributed by atoms with Crippen LogP contribution in [-0.4, -0.2) is 11.4 Å². The highest BCUT2D eigenvalue weighted by Gasteiger charge is 2.00. The molecule has 1 aromatic rings. The van der Waals surface area contributed by atoms with E-state index in [4.69, 9.17) is 10.5 Å². The second kappa shape index (κ2) is 7.46. The molecule has 0 saturated carbocycles. The first-order chi connectivity index (χ1) is 11.2. The minimum atomic E-state index is 0.0613. The van der Waals surface area contributed by atoms with Crippen molar-refractivity contribution in [1.82, 2.24) is 4.90 Å². The SMILES string of the molecule is CCN1C=CC(=CC(C#N)=c2ccc(=C(C#N)C#N)cc2)C=C1. The average Bonchev–Trinajstić information content (AvgIpc) is 2.62. The zero-order valence-corrected chi connectivity index (χ0v) is 12.7. The molecule has 1 aliphatic rings. The van der Waals surface area contributed by atoms with E-state index in [-0.39, 0.29) is 5.57 Å². The highest BCUT2D eigenvalue weighted by molar-refractivity contribution is 5.74. The van der Waals surface area contributed by atoms with Crippen LogP contribution in [0.4, 0.5) is 0 Å². The summed E-state index contributed by atoms with van der Waals surface area (Å²) in [7, 11) is 0. The summed E-state index contributed by atoms with van der Waals surface area (Å²) in [6.45, 7) is 2.96. The third kappa shape index (κ3) is 3.76. The molecule has 1 aliphatic heterocycles. The van der Waals surface area contributed by atoms with E-state index >= 15 is 0 Å². The number of hydrogen-bond donors (Lipinski definition) is 0. The van der Waals surface area contributed by atoms with Gasteiger partial charge in [-0.1, -0.05) is 24.3 Å². The first-order valence-electron chi connectivity index (χ1n) is 7.10. The fourth-order valence-electron chi connectivity index (χ4n) is 2.09. The van der Waals surface area contributed by atoms with E-state index in [1.807, 2.05) is 47.7 Å². The molecule has 23 heavy (non-hydrogen) atoms. The Labute approximate surface area is 135 Å². The van der Waals surface area contributed by atoms with Gasteiger partial charge in [-0.3, -0.25) is 0 Å². The van der Waals surface area contributed by atoms with Crippen LogP contribution in [0.3, 0.4) is 0 Å². The van der Waals surface area contributed by atoms with Crippen molar-refractivity contribution in [2.45, 2.75) is 6.92 Å². The van der Waals surface area contributed by atoms with Gasteiger partial charge in [0.15, 0.2) is 0 Å². The molecule has 0 spiro atoms. The topological polar surface area (TPSA) is 74.6 Å². The Bertz CT molecular complexity index is 886. The maximum absolute atomic E-state index is 9.38.